The number of nitrogens with one attached hydrogen (secondary N) is 2. The van der Waals surface area contributed by atoms with Gasteiger partial charge in [-0.1, -0.05) is 81.1 Å². The molecule has 0 bridgehead atoms. The fourth-order valence-corrected chi connectivity index (χ4v) is 5.87. The summed E-state index contributed by atoms with van der Waals surface area (Å²) in [5.74, 6) is -1.55. The molecule has 10 heteroatoms. The van der Waals surface area contributed by atoms with Gasteiger partial charge in [0.05, 0.1) is 25.7 Å². The van der Waals surface area contributed by atoms with Gasteiger partial charge in [0.15, 0.2) is 11.5 Å². The zero-order chi connectivity index (χ0) is 37.6. The third kappa shape index (κ3) is 10.9. The van der Waals surface area contributed by atoms with Crippen LogP contribution in [0, 0.1) is 0 Å². The highest BCUT2D eigenvalue weighted by atomic mass is 16.6. The number of amides is 2. The molecule has 0 heterocycles. The van der Waals surface area contributed by atoms with Crippen LogP contribution in [0.5, 0.6) is 17.2 Å². The molecule has 0 saturated heterocycles. The van der Waals surface area contributed by atoms with Gasteiger partial charge in [0.2, 0.25) is 5.91 Å². The quantitative estimate of drug-likeness (QED) is 0.0471. The highest BCUT2D eigenvalue weighted by Gasteiger charge is 2.23. The topological polar surface area (TPSA) is 140 Å². The van der Waals surface area contributed by atoms with Crippen LogP contribution in [0.4, 0.5) is 5.69 Å². The molecule has 0 aliphatic rings. The molecule has 0 aliphatic carbocycles. The lowest BCUT2D eigenvalue weighted by Crippen LogP contribution is -2.42. The van der Waals surface area contributed by atoms with Gasteiger partial charge < -0.3 is 30.0 Å². The Hall–Kier alpha value is -6.16. The number of ether oxygens (including phenoxy) is 3. The fraction of sp³-hybridized carbons (Fsp3) is 0.256. The summed E-state index contributed by atoms with van der Waals surface area (Å²) in [6.07, 6.45) is 5.83. The summed E-state index contributed by atoms with van der Waals surface area (Å²) >= 11 is 0. The van der Waals surface area contributed by atoms with Crippen LogP contribution < -0.4 is 24.8 Å². The lowest BCUT2D eigenvalue weighted by molar-refractivity contribution is -0.139. The Morgan fingerprint density at radius 2 is 1.47 bits per heavy atom. The number of aliphatic carboxylic acids is 1. The van der Waals surface area contributed by atoms with Gasteiger partial charge in [0.1, 0.15) is 11.8 Å². The molecule has 0 fully saturated rings. The number of anilines is 1. The molecule has 3 N–H and O–H groups in total. The molecular formula is C43H44N2O8. The molecule has 5 aromatic rings. The number of hydrogen-bond acceptors (Lipinski definition) is 7. The number of methoxy groups -OCH3 is 1. The van der Waals surface area contributed by atoms with Gasteiger partial charge in [0.25, 0.3) is 5.91 Å². The molecule has 274 valence electrons. The van der Waals surface area contributed by atoms with Gasteiger partial charge in [-0.2, -0.15) is 0 Å². The molecule has 0 aliphatic heterocycles. The van der Waals surface area contributed by atoms with E-state index < -0.39 is 23.9 Å². The Bertz CT molecular complexity index is 2020. The van der Waals surface area contributed by atoms with Gasteiger partial charge in [0, 0.05) is 17.7 Å². The number of benzene rings is 5. The Morgan fingerprint density at radius 3 is 2.21 bits per heavy atom. The minimum atomic E-state index is -1.27. The standard InChI is InChI=1S/C43H44N2O8/c1-3-4-5-6-9-25-52-35-22-18-32(19-23-35)43(50)53-38-24-15-29(27-39(38)51-2)26-37(42(48)49)45-41(47)31-16-20-34(21-17-31)44-40(46)28-33-13-10-12-30-11-7-8-14-36(30)33/h7-8,10-24,27,37H,3-6,9,25-26,28H2,1-2H3,(H,44,46)(H,45,47)(H,48,49). The van der Waals surface area contributed by atoms with Crippen LogP contribution in [-0.2, 0) is 22.4 Å². The zero-order valence-corrected chi connectivity index (χ0v) is 29.9. The number of carboxylic acids is 1. The van der Waals surface area contributed by atoms with Crippen LogP contribution >= 0.6 is 0 Å². The van der Waals surface area contributed by atoms with Crippen LogP contribution in [0.15, 0.2) is 109 Å². The van der Waals surface area contributed by atoms with Gasteiger partial charge in [-0.05, 0) is 89.0 Å². The third-order valence-electron chi connectivity index (χ3n) is 8.74. The number of rotatable bonds is 18. The van der Waals surface area contributed by atoms with Crippen molar-refractivity contribution in [1.82, 2.24) is 5.32 Å². The van der Waals surface area contributed by atoms with E-state index in [0.29, 0.717) is 29.2 Å². The number of fused-ring (bicyclic) bond motifs is 1. The number of carbonyl (C=O) groups excluding carboxylic acids is 3. The monoisotopic (exact) mass is 716 g/mol. The summed E-state index contributed by atoms with van der Waals surface area (Å²) < 4.78 is 16.8. The van der Waals surface area contributed by atoms with Crippen LogP contribution in [0.1, 0.15) is 70.9 Å². The summed E-state index contributed by atoms with van der Waals surface area (Å²) in [6, 6.07) is 30.1. The fourth-order valence-electron chi connectivity index (χ4n) is 5.87. The summed E-state index contributed by atoms with van der Waals surface area (Å²) in [4.78, 5) is 50.9. The minimum absolute atomic E-state index is 0.0615. The van der Waals surface area contributed by atoms with E-state index in [-0.39, 0.29) is 35.8 Å². The van der Waals surface area contributed by atoms with E-state index in [2.05, 4.69) is 17.6 Å². The molecule has 1 atom stereocenters. The maximum atomic E-state index is 13.1. The summed E-state index contributed by atoms with van der Waals surface area (Å²) in [5, 5.41) is 17.4. The lowest BCUT2D eigenvalue weighted by Gasteiger charge is -2.16. The predicted octanol–water partition coefficient (Wildman–Crippen LogP) is 8.02. The first-order valence-electron chi connectivity index (χ1n) is 17.8. The van der Waals surface area contributed by atoms with Crippen LogP contribution in [0.25, 0.3) is 10.8 Å². The van der Waals surface area contributed by atoms with Crippen LogP contribution in [0.2, 0.25) is 0 Å². The molecule has 0 saturated carbocycles. The smallest absolute Gasteiger partial charge is 0.343 e. The number of unbranched alkanes of at least 4 members (excludes halogenated alkanes) is 4. The third-order valence-corrected chi connectivity index (χ3v) is 8.74. The van der Waals surface area contributed by atoms with Gasteiger partial charge in [-0.3, -0.25) is 9.59 Å². The molecule has 0 spiro atoms. The van der Waals surface area contributed by atoms with Crippen molar-refractivity contribution in [2.45, 2.75) is 57.9 Å². The predicted molar refractivity (Wildman–Crippen MR) is 204 cm³/mol. The molecule has 5 rings (SSSR count). The van der Waals surface area contributed by atoms with Crippen molar-refractivity contribution in [3.63, 3.8) is 0 Å². The van der Waals surface area contributed by atoms with Gasteiger partial charge >= 0.3 is 11.9 Å². The molecule has 10 nitrogen and oxygen atoms in total. The molecule has 53 heavy (non-hydrogen) atoms. The Balaban J connectivity index is 1.13. The number of esters is 1. The summed E-state index contributed by atoms with van der Waals surface area (Å²) in [6.45, 7) is 2.79. The minimum Gasteiger partial charge on any atom is -0.494 e. The van der Waals surface area contributed by atoms with E-state index >= 15 is 0 Å². The average molecular weight is 717 g/mol. The molecule has 2 amide bonds. The SMILES string of the molecule is CCCCCCCOc1ccc(C(=O)Oc2ccc(CC(NC(=O)c3ccc(NC(=O)Cc4cccc5ccccc45)cc3)C(=O)O)cc2OC)cc1. The van der Waals surface area contributed by atoms with Crippen molar-refractivity contribution in [3.8, 4) is 17.2 Å². The molecule has 5 aromatic carbocycles. The Morgan fingerprint density at radius 1 is 0.755 bits per heavy atom. The number of carboxylic acid groups (broad SMARTS) is 1. The highest BCUT2D eigenvalue weighted by Crippen LogP contribution is 2.30. The second-order valence-electron chi connectivity index (χ2n) is 12.7. The summed E-state index contributed by atoms with van der Waals surface area (Å²) in [5.41, 5.74) is 2.50. The van der Waals surface area contributed by atoms with E-state index in [1.165, 1.54) is 44.6 Å². The first-order chi connectivity index (χ1) is 25.7. The van der Waals surface area contributed by atoms with Crippen LogP contribution in [-0.4, -0.2) is 48.6 Å². The zero-order valence-electron chi connectivity index (χ0n) is 29.9. The second-order valence-corrected chi connectivity index (χ2v) is 12.7. The first kappa shape index (κ1) is 38.1. The molecule has 0 aromatic heterocycles. The lowest BCUT2D eigenvalue weighted by atomic mass is 10.0. The normalized spacial score (nSPS) is 11.4. The van der Waals surface area contributed by atoms with Crippen molar-refractivity contribution >= 4 is 40.2 Å². The van der Waals surface area contributed by atoms with Crippen molar-refractivity contribution in [2.24, 2.45) is 0 Å². The van der Waals surface area contributed by atoms with E-state index in [1.807, 2.05) is 42.5 Å². The Kier molecular flexibility index (Phi) is 13.6. The second kappa shape index (κ2) is 18.9. The van der Waals surface area contributed by atoms with Crippen molar-refractivity contribution < 1.29 is 38.5 Å². The first-order valence-corrected chi connectivity index (χ1v) is 17.8. The van der Waals surface area contributed by atoms with E-state index in [4.69, 9.17) is 14.2 Å². The van der Waals surface area contributed by atoms with Crippen molar-refractivity contribution in [2.75, 3.05) is 19.0 Å². The highest BCUT2D eigenvalue weighted by molar-refractivity contribution is 5.99. The summed E-state index contributed by atoms with van der Waals surface area (Å²) in [7, 11) is 1.41. The Labute approximate surface area is 309 Å². The maximum absolute atomic E-state index is 13.1. The molecule has 0 radical (unpaired) electrons. The van der Waals surface area contributed by atoms with E-state index in [1.54, 1.807) is 48.5 Å². The maximum Gasteiger partial charge on any atom is 0.343 e. The van der Waals surface area contributed by atoms with Gasteiger partial charge in [-0.15, -0.1) is 0 Å². The number of hydrogen-bond donors (Lipinski definition) is 3. The van der Waals surface area contributed by atoms with Crippen LogP contribution in [0.3, 0.4) is 0 Å². The van der Waals surface area contributed by atoms with Crippen molar-refractivity contribution in [1.29, 1.82) is 0 Å². The molecule has 1 unspecified atom stereocenters. The molecular weight excluding hydrogens is 672 g/mol. The van der Waals surface area contributed by atoms with E-state index in [9.17, 15) is 24.3 Å². The van der Waals surface area contributed by atoms with Gasteiger partial charge in [-0.25, -0.2) is 9.59 Å². The largest absolute Gasteiger partial charge is 0.494 e. The van der Waals surface area contributed by atoms with Crippen molar-refractivity contribution in [3.05, 3.63) is 131 Å². The number of carbonyl (C=O) groups is 4. The van der Waals surface area contributed by atoms with E-state index in [0.717, 1.165) is 29.2 Å². The average Bonchev–Trinajstić information content (AvgIpc) is 3.17.